The number of rotatable bonds is 8. The third-order valence-corrected chi connectivity index (χ3v) is 8.86. The molecular formula is C33H34F2N8O4. The second-order valence-corrected chi connectivity index (χ2v) is 11.8. The molecule has 0 aliphatic carbocycles. The van der Waals surface area contributed by atoms with E-state index in [0.29, 0.717) is 68.3 Å². The molecule has 4 heterocycles. The lowest BCUT2D eigenvalue weighted by atomic mass is 9.97. The Hall–Kier alpha value is -5.13. The van der Waals surface area contributed by atoms with Gasteiger partial charge in [-0.25, -0.2) is 14.4 Å². The number of amides is 2. The number of β-amino-alcohol motifs (C(OH)–C–C–N with tert-alkyl or cyclic N) is 1. The van der Waals surface area contributed by atoms with E-state index in [2.05, 4.69) is 20.6 Å². The number of piperazine rings is 1. The first-order valence-electron chi connectivity index (χ1n) is 15.3. The Kier molecular flexibility index (Phi) is 8.76. The maximum Gasteiger partial charge on any atom is 0.254 e. The summed E-state index contributed by atoms with van der Waals surface area (Å²) in [7, 11) is 0. The standard InChI is InChI=1S/C33H34F2N8O4/c1-3-33(46)17-24(39-19-33)32(45)42-13-11-41(12-14-42)31(44)22-5-4-21(16-20(22)2)40-29-30-38-18-25(43(30)10-9-37-29)23-6-7-26(47-15-8-36)28(35)27(23)34/h4-7,9-10,16,18,24,39,46H,3,11-15,17,19H2,1-2H3,(H,37,40)/t24-,33+/m0/s1. The zero-order valence-corrected chi connectivity index (χ0v) is 26.0. The van der Waals surface area contributed by atoms with Crippen molar-refractivity contribution in [2.24, 2.45) is 0 Å². The van der Waals surface area contributed by atoms with Crippen molar-refractivity contribution in [1.29, 1.82) is 5.26 Å². The van der Waals surface area contributed by atoms with E-state index in [1.807, 2.05) is 19.9 Å². The first-order valence-corrected chi connectivity index (χ1v) is 15.3. The van der Waals surface area contributed by atoms with E-state index in [4.69, 9.17) is 10.00 Å². The number of fused-ring (bicyclic) bond motifs is 1. The summed E-state index contributed by atoms with van der Waals surface area (Å²) >= 11 is 0. The molecule has 2 aromatic carbocycles. The molecule has 0 unspecified atom stereocenters. The van der Waals surface area contributed by atoms with Crippen molar-refractivity contribution >= 4 is 29.0 Å². The average molecular weight is 645 g/mol. The van der Waals surface area contributed by atoms with Crippen LogP contribution in [-0.4, -0.2) is 92.1 Å². The fourth-order valence-electron chi connectivity index (χ4n) is 6.08. The van der Waals surface area contributed by atoms with Crippen LogP contribution in [0.2, 0.25) is 0 Å². The molecular weight excluding hydrogens is 610 g/mol. The molecule has 2 fully saturated rings. The van der Waals surface area contributed by atoms with Crippen LogP contribution in [0, 0.1) is 29.9 Å². The predicted octanol–water partition coefficient (Wildman–Crippen LogP) is 3.42. The molecule has 0 radical (unpaired) electrons. The molecule has 0 saturated carbocycles. The van der Waals surface area contributed by atoms with Crippen molar-refractivity contribution < 1.29 is 28.2 Å². The van der Waals surface area contributed by atoms with Gasteiger partial charge in [0.05, 0.1) is 23.5 Å². The molecule has 14 heteroatoms. The fourth-order valence-corrected chi connectivity index (χ4v) is 6.08. The highest BCUT2D eigenvalue weighted by Crippen LogP contribution is 2.32. The number of carbonyl (C=O) groups is 2. The Balaban J connectivity index is 1.13. The number of imidazole rings is 1. The normalized spacial score (nSPS) is 19.5. The predicted molar refractivity (Wildman–Crippen MR) is 168 cm³/mol. The highest BCUT2D eigenvalue weighted by Gasteiger charge is 2.41. The summed E-state index contributed by atoms with van der Waals surface area (Å²) in [6, 6.07) is 9.23. The van der Waals surface area contributed by atoms with Crippen molar-refractivity contribution in [3.05, 3.63) is 71.7 Å². The number of anilines is 2. The monoisotopic (exact) mass is 644 g/mol. The topological polar surface area (TPSA) is 148 Å². The SMILES string of the molecule is CC[C@]1(O)CN[C@H](C(=O)N2CCN(C(=O)c3ccc(Nc4nccn5c(-c6ccc(OCC#N)c(F)c6F)cnc45)cc3C)CC2)C1. The van der Waals surface area contributed by atoms with Crippen molar-refractivity contribution in [3.63, 3.8) is 0 Å². The molecule has 47 heavy (non-hydrogen) atoms. The molecule has 4 aromatic rings. The summed E-state index contributed by atoms with van der Waals surface area (Å²) in [5.74, 6) is -2.50. The van der Waals surface area contributed by atoms with Gasteiger partial charge in [0.15, 0.2) is 29.6 Å². The van der Waals surface area contributed by atoms with Gasteiger partial charge in [-0.2, -0.15) is 9.65 Å². The van der Waals surface area contributed by atoms with Crippen LogP contribution in [0.25, 0.3) is 16.9 Å². The maximum atomic E-state index is 15.0. The minimum absolute atomic E-state index is 0.0424. The van der Waals surface area contributed by atoms with Gasteiger partial charge in [-0.15, -0.1) is 0 Å². The molecule has 244 valence electrons. The molecule has 3 N–H and O–H groups in total. The van der Waals surface area contributed by atoms with Crippen molar-refractivity contribution in [3.8, 4) is 23.1 Å². The molecule has 2 aromatic heterocycles. The van der Waals surface area contributed by atoms with Gasteiger partial charge in [0.1, 0.15) is 6.07 Å². The van der Waals surface area contributed by atoms with Crippen LogP contribution in [0.4, 0.5) is 20.3 Å². The van der Waals surface area contributed by atoms with Gasteiger partial charge >= 0.3 is 0 Å². The lowest BCUT2D eigenvalue weighted by molar-refractivity contribution is -0.135. The van der Waals surface area contributed by atoms with E-state index in [1.54, 1.807) is 38.6 Å². The second-order valence-electron chi connectivity index (χ2n) is 11.8. The first-order chi connectivity index (χ1) is 22.6. The van der Waals surface area contributed by atoms with Crippen LogP contribution < -0.4 is 15.4 Å². The van der Waals surface area contributed by atoms with Crippen LogP contribution >= 0.6 is 0 Å². The number of benzene rings is 2. The average Bonchev–Trinajstić information content (AvgIpc) is 3.70. The summed E-state index contributed by atoms with van der Waals surface area (Å²) in [4.78, 5) is 38.7. The fraction of sp³-hybridized carbons (Fsp3) is 0.364. The van der Waals surface area contributed by atoms with Gasteiger partial charge in [0.2, 0.25) is 11.7 Å². The first kappa shape index (κ1) is 31.8. The quantitative estimate of drug-likeness (QED) is 0.263. The number of nitrogens with one attached hydrogen (secondary N) is 2. The van der Waals surface area contributed by atoms with E-state index in [-0.39, 0.29) is 28.8 Å². The van der Waals surface area contributed by atoms with Crippen LogP contribution in [0.5, 0.6) is 5.75 Å². The van der Waals surface area contributed by atoms with Crippen LogP contribution in [0.3, 0.4) is 0 Å². The highest BCUT2D eigenvalue weighted by molar-refractivity contribution is 5.96. The van der Waals surface area contributed by atoms with E-state index in [0.717, 1.165) is 5.56 Å². The zero-order chi connectivity index (χ0) is 33.3. The van der Waals surface area contributed by atoms with Gasteiger partial charge in [0, 0.05) is 68.4 Å². The van der Waals surface area contributed by atoms with Crippen LogP contribution in [0.1, 0.15) is 35.7 Å². The largest absolute Gasteiger partial charge is 0.476 e. The van der Waals surface area contributed by atoms with E-state index in [9.17, 15) is 23.5 Å². The third-order valence-electron chi connectivity index (χ3n) is 8.86. The maximum absolute atomic E-state index is 15.0. The Labute approximate surface area is 269 Å². The summed E-state index contributed by atoms with van der Waals surface area (Å²) in [5, 5.41) is 25.5. The zero-order valence-electron chi connectivity index (χ0n) is 26.0. The van der Waals surface area contributed by atoms with E-state index < -0.39 is 29.9 Å². The summed E-state index contributed by atoms with van der Waals surface area (Å²) in [6.45, 7) is 5.38. The molecule has 0 bridgehead atoms. The van der Waals surface area contributed by atoms with E-state index in [1.165, 1.54) is 24.5 Å². The van der Waals surface area contributed by atoms with Gasteiger partial charge in [-0.1, -0.05) is 6.92 Å². The Morgan fingerprint density at radius 3 is 2.62 bits per heavy atom. The van der Waals surface area contributed by atoms with Crippen LogP contribution in [-0.2, 0) is 4.79 Å². The number of carbonyl (C=O) groups excluding carboxylic acids is 2. The number of aromatic nitrogens is 3. The molecule has 2 amide bonds. The summed E-state index contributed by atoms with van der Waals surface area (Å²) in [5.41, 5.74) is 1.67. The number of halogens is 2. The number of aryl methyl sites for hydroxylation is 1. The Morgan fingerprint density at radius 1 is 1.15 bits per heavy atom. The van der Waals surface area contributed by atoms with Gasteiger partial charge in [0.25, 0.3) is 5.91 Å². The van der Waals surface area contributed by atoms with Gasteiger partial charge in [-0.05, 0) is 49.2 Å². The number of nitriles is 1. The Morgan fingerprint density at radius 2 is 1.91 bits per heavy atom. The summed E-state index contributed by atoms with van der Waals surface area (Å²) in [6.07, 6.45) is 5.46. The summed E-state index contributed by atoms with van der Waals surface area (Å²) < 4.78 is 36.1. The minimum atomic E-state index is -1.20. The Bertz CT molecular complexity index is 1880. The van der Waals surface area contributed by atoms with Crippen molar-refractivity contribution in [1.82, 2.24) is 29.5 Å². The van der Waals surface area contributed by atoms with E-state index >= 15 is 0 Å². The molecule has 2 aliphatic heterocycles. The van der Waals surface area contributed by atoms with Crippen LogP contribution in [0.15, 0.2) is 48.9 Å². The molecule has 2 aliphatic rings. The minimum Gasteiger partial charge on any atom is -0.476 e. The number of hydrogen-bond acceptors (Lipinski definition) is 9. The number of nitrogens with zero attached hydrogens (tertiary/aromatic N) is 6. The number of hydrogen-bond donors (Lipinski definition) is 3. The lowest BCUT2D eigenvalue weighted by Gasteiger charge is -2.36. The molecule has 6 rings (SSSR count). The van der Waals surface area contributed by atoms with Gasteiger partial charge in [-0.3, -0.25) is 14.0 Å². The van der Waals surface area contributed by atoms with Gasteiger partial charge < -0.3 is 30.3 Å². The molecule has 12 nitrogen and oxygen atoms in total. The smallest absolute Gasteiger partial charge is 0.254 e. The molecule has 2 saturated heterocycles. The molecule has 2 atom stereocenters. The second kappa shape index (κ2) is 12.9. The highest BCUT2D eigenvalue weighted by atomic mass is 19.2. The third kappa shape index (κ3) is 6.19. The lowest BCUT2D eigenvalue weighted by Crippen LogP contribution is -2.54. The number of ether oxygens (including phenoxy) is 1. The van der Waals surface area contributed by atoms with Crippen molar-refractivity contribution in [2.75, 3.05) is 44.6 Å². The molecule has 0 spiro atoms. The van der Waals surface area contributed by atoms with Crippen molar-refractivity contribution in [2.45, 2.75) is 38.3 Å². The number of aliphatic hydroxyl groups is 1.